The summed E-state index contributed by atoms with van der Waals surface area (Å²) in [5, 5.41) is 0. The summed E-state index contributed by atoms with van der Waals surface area (Å²) in [6, 6.07) is 4.01. The van der Waals surface area contributed by atoms with Crippen molar-refractivity contribution in [2.75, 3.05) is 0 Å². The Kier molecular flexibility index (Phi) is 2.80. The van der Waals surface area contributed by atoms with Crippen molar-refractivity contribution < 1.29 is 0 Å². The highest BCUT2D eigenvalue weighted by Crippen LogP contribution is 2.16. The summed E-state index contributed by atoms with van der Waals surface area (Å²) in [7, 11) is 5.69. The maximum absolute atomic E-state index is 5.69. The Morgan fingerprint density at radius 1 is 1.50 bits per heavy atom. The predicted octanol–water partition coefficient (Wildman–Crippen LogP) is 2.16. The monoisotopic (exact) mass is 306 g/mol. The molecule has 0 amide bonds. The molecule has 10 heavy (non-hydrogen) atoms. The van der Waals surface area contributed by atoms with Gasteiger partial charge in [-0.25, -0.2) is 0 Å². The van der Waals surface area contributed by atoms with E-state index < -0.39 is 0 Å². The van der Waals surface area contributed by atoms with E-state index >= 15 is 0 Å². The number of hydrogen-bond donors (Lipinski definition) is 0. The molecule has 1 aromatic carbocycles. The first-order chi connectivity index (χ1) is 4.61. The molecule has 2 radical (unpaired) electrons. The van der Waals surface area contributed by atoms with Gasteiger partial charge in [0.15, 0.2) is 0 Å². The summed E-state index contributed by atoms with van der Waals surface area (Å²) in [6.45, 7) is 2.00. The van der Waals surface area contributed by atoms with Gasteiger partial charge in [0.25, 0.3) is 0 Å². The van der Waals surface area contributed by atoms with Crippen molar-refractivity contribution in [1.82, 2.24) is 0 Å². The van der Waals surface area contributed by atoms with E-state index in [0.717, 1.165) is 19.1 Å². The summed E-state index contributed by atoms with van der Waals surface area (Å²) in [4.78, 5) is 0. The molecule has 1 rings (SSSR count). The van der Waals surface area contributed by atoms with E-state index in [1.54, 1.807) is 0 Å². The highest BCUT2D eigenvalue weighted by molar-refractivity contribution is 14.1. The molecule has 0 saturated carbocycles. The second-order valence-electron chi connectivity index (χ2n) is 2.10. The van der Waals surface area contributed by atoms with Gasteiger partial charge in [-0.05, 0) is 41.1 Å². The minimum atomic E-state index is 0.846. The van der Waals surface area contributed by atoms with Gasteiger partial charge in [0.1, 0.15) is 7.85 Å². The van der Waals surface area contributed by atoms with Crippen LogP contribution in [0.15, 0.2) is 16.6 Å². The third-order valence-electron chi connectivity index (χ3n) is 1.35. The van der Waals surface area contributed by atoms with Crippen LogP contribution in [0.1, 0.15) is 5.56 Å². The molecule has 0 aliphatic carbocycles. The molecule has 0 nitrogen and oxygen atoms in total. The minimum Gasteiger partial charge on any atom is -0.0917 e. The fraction of sp³-hybridized carbons (Fsp3) is 0.143. The first-order valence-electron chi connectivity index (χ1n) is 2.82. The first kappa shape index (κ1) is 8.59. The normalized spacial score (nSPS) is 9.90. The highest BCUT2D eigenvalue weighted by Gasteiger charge is 1.97. The van der Waals surface area contributed by atoms with E-state index in [9.17, 15) is 0 Å². The average molecular weight is 307 g/mol. The second-order valence-corrected chi connectivity index (χ2v) is 4.20. The van der Waals surface area contributed by atoms with Crippen LogP contribution in [0.2, 0.25) is 0 Å². The maximum atomic E-state index is 5.69. The van der Waals surface area contributed by atoms with Crippen molar-refractivity contribution in [3.63, 3.8) is 0 Å². The fourth-order valence-electron chi connectivity index (χ4n) is 0.666. The first-order valence-corrected chi connectivity index (χ1v) is 4.69. The SMILES string of the molecule is [B]c1cc(I)cc(Br)c1C. The van der Waals surface area contributed by atoms with Crippen molar-refractivity contribution in [2.45, 2.75) is 6.92 Å². The number of hydrogen-bond acceptors (Lipinski definition) is 0. The van der Waals surface area contributed by atoms with Crippen LogP contribution in [0, 0.1) is 10.5 Å². The van der Waals surface area contributed by atoms with Crippen LogP contribution < -0.4 is 5.46 Å². The van der Waals surface area contributed by atoms with Crippen molar-refractivity contribution >= 4 is 51.8 Å². The van der Waals surface area contributed by atoms with Gasteiger partial charge in [0.2, 0.25) is 0 Å². The summed E-state index contributed by atoms with van der Waals surface area (Å²) in [6.07, 6.45) is 0. The van der Waals surface area contributed by atoms with Crippen LogP contribution in [-0.4, -0.2) is 7.85 Å². The van der Waals surface area contributed by atoms with Crippen LogP contribution in [0.25, 0.3) is 0 Å². The lowest BCUT2D eigenvalue weighted by Gasteiger charge is -2.02. The lowest BCUT2D eigenvalue weighted by molar-refractivity contribution is 1.45. The van der Waals surface area contributed by atoms with Crippen LogP contribution >= 0.6 is 38.5 Å². The Hall–Kier alpha value is 0.495. The second kappa shape index (κ2) is 3.26. The van der Waals surface area contributed by atoms with Crippen molar-refractivity contribution in [3.8, 4) is 0 Å². The minimum absolute atomic E-state index is 0.846. The number of benzene rings is 1. The van der Waals surface area contributed by atoms with Gasteiger partial charge in [-0.3, -0.25) is 0 Å². The van der Waals surface area contributed by atoms with E-state index in [-0.39, 0.29) is 0 Å². The van der Waals surface area contributed by atoms with Gasteiger partial charge >= 0.3 is 0 Å². The molecule has 0 unspecified atom stereocenters. The van der Waals surface area contributed by atoms with Crippen molar-refractivity contribution in [1.29, 1.82) is 0 Å². The molecule has 0 saturated heterocycles. The molecule has 0 bridgehead atoms. The van der Waals surface area contributed by atoms with E-state index in [0.29, 0.717) is 0 Å². The molecule has 0 spiro atoms. The molecule has 0 aliphatic heterocycles. The standard InChI is InChI=1S/C7H5BBrI/c1-4-6(8)2-5(10)3-7(4)9/h2-3H,1H3. The quantitative estimate of drug-likeness (QED) is 0.509. The zero-order valence-electron chi connectivity index (χ0n) is 5.49. The molecule has 0 aliphatic rings. The van der Waals surface area contributed by atoms with Crippen molar-refractivity contribution in [3.05, 3.63) is 25.7 Å². The van der Waals surface area contributed by atoms with E-state index in [4.69, 9.17) is 7.85 Å². The van der Waals surface area contributed by atoms with Crippen LogP contribution in [0.4, 0.5) is 0 Å². The van der Waals surface area contributed by atoms with Gasteiger partial charge in [-0.2, -0.15) is 0 Å². The Labute approximate surface area is 84.1 Å². The van der Waals surface area contributed by atoms with Crippen LogP contribution in [0.3, 0.4) is 0 Å². The summed E-state index contributed by atoms with van der Waals surface area (Å²) >= 11 is 5.65. The number of rotatable bonds is 0. The molecule has 50 valence electrons. The van der Waals surface area contributed by atoms with Gasteiger partial charge in [-0.1, -0.05) is 27.5 Å². The molecule has 3 heteroatoms. The van der Waals surface area contributed by atoms with Crippen LogP contribution in [0.5, 0.6) is 0 Å². The molecular formula is C7H5BBrI. The Balaban J connectivity index is 3.31. The van der Waals surface area contributed by atoms with E-state index in [2.05, 4.69) is 38.5 Å². The van der Waals surface area contributed by atoms with Gasteiger partial charge in [-0.15, -0.1) is 0 Å². The zero-order chi connectivity index (χ0) is 7.72. The summed E-state index contributed by atoms with van der Waals surface area (Å²) < 4.78 is 2.24. The fourth-order valence-corrected chi connectivity index (χ4v) is 2.22. The Morgan fingerprint density at radius 3 is 2.60 bits per heavy atom. The average Bonchev–Trinajstić information content (AvgIpc) is 1.82. The summed E-state index contributed by atoms with van der Waals surface area (Å²) in [5.41, 5.74) is 1.96. The third kappa shape index (κ3) is 1.75. The van der Waals surface area contributed by atoms with Gasteiger partial charge in [0.05, 0.1) is 0 Å². The highest BCUT2D eigenvalue weighted by atomic mass is 127. The third-order valence-corrected chi connectivity index (χ3v) is 2.80. The number of halogens is 2. The smallest absolute Gasteiger partial charge is 0.0917 e. The lowest BCUT2D eigenvalue weighted by Crippen LogP contribution is -2.07. The molecule has 0 heterocycles. The zero-order valence-corrected chi connectivity index (χ0v) is 9.23. The van der Waals surface area contributed by atoms with E-state index in [1.807, 2.05) is 19.1 Å². The Morgan fingerprint density at radius 2 is 2.10 bits per heavy atom. The van der Waals surface area contributed by atoms with Crippen LogP contribution in [-0.2, 0) is 0 Å². The molecule has 1 aromatic rings. The van der Waals surface area contributed by atoms with E-state index in [1.165, 1.54) is 0 Å². The largest absolute Gasteiger partial charge is 0.114 e. The summed E-state index contributed by atoms with van der Waals surface area (Å²) in [5.74, 6) is 0. The molecular weight excluding hydrogens is 302 g/mol. The predicted molar refractivity (Wildman–Crippen MR) is 57.0 cm³/mol. The molecule has 0 N–H and O–H groups in total. The lowest BCUT2D eigenvalue weighted by atomic mass is 9.92. The Bertz CT molecular complexity index is 237. The van der Waals surface area contributed by atoms with Crippen molar-refractivity contribution in [2.24, 2.45) is 0 Å². The maximum Gasteiger partial charge on any atom is 0.114 e. The molecule has 0 atom stereocenters. The topological polar surface area (TPSA) is 0 Å². The van der Waals surface area contributed by atoms with Gasteiger partial charge in [0, 0.05) is 8.04 Å². The van der Waals surface area contributed by atoms with Gasteiger partial charge < -0.3 is 0 Å². The molecule has 0 aromatic heterocycles. The molecule has 0 fully saturated rings.